The molecule has 3 aromatic rings. The van der Waals surface area contributed by atoms with Gasteiger partial charge in [-0.25, -0.2) is 9.07 Å². The monoisotopic (exact) mass is 455 g/mol. The number of benzene rings is 2. The fourth-order valence-electron chi connectivity index (χ4n) is 4.39. The Bertz CT molecular complexity index is 1090. The number of aromatic nitrogens is 2. The Hall–Kier alpha value is -2.70. The third kappa shape index (κ3) is 4.71. The van der Waals surface area contributed by atoms with Crippen molar-refractivity contribution < 1.29 is 13.9 Å². The van der Waals surface area contributed by atoms with Crippen molar-refractivity contribution in [3.63, 3.8) is 0 Å². The standard InChI is InChI=1S/C25H27ClFN3O2/c1-17-23(18(2)30(29-17)22-9-5-20(26)6-10-22)15-24(31)28-16-25(11-13-32-14-12-25)19-3-7-21(27)8-4-19/h3-10H,11-16H2,1-2H3,(H,28,31). The number of hydrogen-bond acceptors (Lipinski definition) is 3. The number of halogens is 2. The Kier molecular flexibility index (Phi) is 6.63. The van der Waals surface area contributed by atoms with Crippen molar-refractivity contribution in [2.75, 3.05) is 19.8 Å². The van der Waals surface area contributed by atoms with E-state index >= 15 is 0 Å². The molecular weight excluding hydrogens is 429 g/mol. The van der Waals surface area contributed by atoms with Crippen LogP contribution >= 0.6 is 11.6 Å². The highest BCUT2D eigenvalue weighted by molar-refractivity contribution is 6.30. The molecule has 5 nitrogen and oxygen atoms in total. The van der Waals surface area contributed by atoms with E-state index in [4.69, 9.17) is 16.3 Å². The van der Waals surface area contributed by atoms with Gasteiger partial charge in [-0.2, -0.15) is 5.10 Å². The van der Waals surface area contributed by atoms with Crippen LogP contribution in [0, 0.1) is 19.7 Å². The highest BCUT2D eigenvalue weighted by Crippen LogP contribution is 2.34. The van der Waals surface area contributed by atoms with Crippen molar-refractivity contribution >= 4 is 17.5 Å². The molecule has 0 unspecified atom stereocenters. The maximum atomic E-state index is 13.4. The summed E-state index contributed by atoms with van der Waals surface area (Å²) in [6, 6.07) is 14.0. The molecule has 1 amide bonds. The quantitative estimate of drug-likeness (QED) is 0.586. The van der Waals surface area contributed by atoms with Crippen LogP contribution in [0.1, 0.15) is 35.4 Å². The van der Waals surface area contributed by atoms with Crippen molar-refractivity contribution in [1.29, 1.82) is 0 Å². The van der Waals surface area contributed by atoms with Gasteiger partial charge in [0.05, 0.1) is 17.8 Å². The van der Waals surface area contributed by atoms with Gasteiger partial charge in [-0.1, -0.05) is 23.7 Å². The van der Waals surface area contributed by atoms with E-state index in [1.165, 1.54) is 12.1 Å². The summed E-state index contributed by atoms with van der Waals surface area (Å²) in [6.07, 6.45) is 1.82. The molecule has 4 rings (SSSR count). The molecule has 1 N–H and O–H groups in total. The molecule has 168 valence electrons. The first-order valence-corrected chi connectivity index (χ1v) is 11.2. The normalized spacial score (nSPS) is 15.5. The maximum Gasteiger partial charge on any atom is 0.224 e. The van der Waals surface area contributed by atoms with Crippen LogP contribution in [0.3, 0.4) is 0 Å². The Morgan fingerprint density at radius 2 is 1.78 bits per heavy atom. The number of carbonyl (C=O) groups is 1. The molecule has 1 aliphatic heterocycles. The topological polar surface area (TPSA) is 56.2 Å². The van der Waals surface area contributed by atoms with E-state index in [-0.39, 0.29) is 23.6 Å². The Labute approximate surface area is 192 Å². The van der Waals surface area contributed by atoms with Crippen LogP contribution < -0.4 is 5.32 Å². The zero-order valence-electron chi connectivity index (χ0n) is 18.3. The molecule has 32 heavy (non-hydrogen) atoms. The first-order chi connectivity index (χ1) is 15.4. The van der Waals surface area contributed by atoms with Gasteiger partial charge < -0.3 is 10.1 Å². The third-order valence-electron chi connectivity index (χ3n) is 6.38. The second kappa shape index (κ2) is 9.43. The smallest absolute Gasteiger partial charge is 0.224 e. The molecule has 1 aliphatic rings. The van der Waals surface area contributed by atoms with Gasteiger partial charge in [0.25, 0.3) is 0 Å². The molecule has 7 heteroatoms. The van der Waals surface area contributed by atoms with Gasteiger partial charge in [0.15, 0.2) is 0 Å². The molecular formula is C25H27ClFN3O2. The molecule has 1 saturated heterocycles. The van der Waals surface area contributed by atoms with Crippen LogP contribution in [-0.4, -0.2) is 35.4 Å². The fourth-order valence-corrected chi connectivity index (χ4v) is 4.51. The van der Waals surface area contributed by atoms with E-state index in [9.17, 15) is 9.18 Å². The molecule has 1 aromatic heterocycles. The second-order valence-corrected chi connectivity index (χ2v) is 8.83. The predicted octanol–water partition coefficient (Wildman–Crippen LogP) is 4.69. The summed E-state index contributed by atoms with van der Waals surface area (Å²) in [5, 5.41) is 8.41. The Morgan fingerprint density at radius 1 is 1.12 bits per heavy atom. The van der Waals surface area contributed by atoms with Crippen LogP contribution in [-0.2, 0) is 21.4 Å². The number of hydrogen-bond donors (Lipinski definition) is 1. The number of nitrogens with zero attached hydrogens (tertiary/aromatic N) is 2. The Morgan fingerprint density at radius 3 is 2.44 bits per heavy atom. The van der Waals surface area contributed by atoms with Crippen molar-refractivity contribution in [3.05, 3.63) is 81.9 Å². The summed E-state index contributed by atoms with van der Waals surface area (Å²) in [7, 11) is 0. The minimum Gasteiger partial charge on any atom is -0.381 e. The Balaban J connectivity index is 1.48. The van der Waals surface area contributed by atoms with E-state index in [0.29, 0.717) is 24.8 Å². The average Bonchev–Trinajstić information content (AvgIpc) is 3.07. The number of rotatable bonds is 6. The van der Waals surface area contributed by atoms with Crippen molar-refractivity contribution in [3.8, 4) is 5.69 Å². The lowest BCUT2D eigenvalue weighted by molar-refractivity contribution is -0.121. The first-order valence-electron chi connectivity index (χ1n) is 10.8. The number of carbonyl (C=O) groups excluding carboxylic acids is 1. The van der Waals surface area contributed by atoms with Crippen LogP contribution in [0.5, 0.6) is 0 Å². The molecule has 0 spiro atoms. The lowest BCUT2D eigenvalue weighted by Crippen LogP contribution is -2.45. The van der Waals surface area contributed by atoms with Crippen LogP contribution in [0.2, 0.25) is 5.02 Å². The molecule has 2 heterocycles. The molecule has 1 fully saturated rings. The highest BCUT2D eigenvalue weighted by Gasteiger charge is 2.35. The van der Waals surface area contributed by atoms with Gasteiger partial charge in [0, 0.05) is 41.5 Å². The zero-order valence-corrected chi connectivity index (χ0v) is 19.1. The van der Waals surface area contributed by atoms with Gasteiger partial charge >= 0.3 is 0 Å². The SMILES string of the molecule is Cc1nn(-c2ccc(Cl)cc2)c(C)c1CC(=O)NCC1(c2ccc(F)cc2)CCOCC1. The molecule has 0 aliphatic carbocycles. The van der Waals surface area contributed by atoms with E-state index in [1.807, 2.05) is 54.9 Å². The molecule has 0 bridgehead atoms. The minimum absolute atomic E-state index is 0.0557. The van der Waals surface area contributed by atoms with Gasteiger partial charge in [-0.15, -0.1) is 0 Å². The van der Waals surface area contributed by atoms with Crippen LogP contribution in [0.25, 0.3) is 5.69 Å². The number of ether oxygens (including phenoxy) is 1. The summed E-state index contributed by atoms with van der Waals surface area (Å²) in [5.74, 6) is -0.316. The van der Waals surface area contributed by atoms with Crippen molar-refractivity contribution in [2.24, 2.45) is 0 Å². The van der Waals surface area contributed by atoms with Crippen molar-refractivity contribution in [2.45, 2.75) is 38.5 Å². The van der Waals surface area contributed by atoms with Crippen molar-refractivity contribution in [1.82, 2.24) is 15.1 Å². The summed E-state index contributed by atoms with van der Waals surface area (Å²) >= 11 is 6.00. The maximum absolute atomic E-state index is 13.4. The predicted molar refractivity (Wildman–Crippen MR) is 123 cm³/mol. The first kappa shape index (κ1) is 22.5. The highest BCUT2D eigenvalue weighted by atomic mass is 35.5. The van der Waals surface area contributed by atoms with E-state index < -0.39 is 0 Å². The van der Waals surface area contributed by atoms with Crippen LogP contribution in [0.15, 0.2) is 48.5 Å². The molecule has 0 radical (unpaired) electrons. The summed E-state index contributed by atoms with van der Waals surface area (Å²) in [4.78, 5) is 12.9. The average molecular weight is 456 g/mol. The molecule has 0 atom stereocenters. The number of amides is 1. The second-order valence-electron chi connectivity index (χ2n) is 8.39. The van der Waals surface area contributed by atoms with Crippen LogP contribution in [0.4, 0.5) is 4.39 Å². The zero-order chi connectivity index (χ0) is 22.7. The lowest BCUT2D eigenvalue weighted by Gasteiger charge is -2.38. The minimum atomic E-state index is -0.261. The summed E-state index contributed by atoms with van der Waals surface area (Å²) in [5.41, 5.74) is 4.36. The summed E-state index contributed by atoms with van der Waals surface area (Å²) < 4.78 is 20.8. The van der Waals surface area contributed by atoms with E-state index in [2.05, 4.69) is 10.4 Å². The molecule has 0 saturated carbocycles. The van der Waals surface area contributed by atoms with Gasteiger partial charge in [-0.05, 0) is 68.7 Å². The summed E-state index contributed by atoms with van der Waals surface area (Å²) in [6.45, 7) is 5.62. The fraction of sp³-hybridized carbons (Fsp3) is 0.360. The lowest BCUT2D eigenvalue weighted by atomic mass is 9.74. The van der Waals surface area contributed by atoms with E-state index in [0.717, 1.165) is 41.0 Å². The van der Waals surface area contributed by atoms with E-state index in [1.54, 1.807) is 0 Å². The third-order valence-corrected chi connectivity index (χ3v) is 6.63. The number of aryl methyl sites for hydroxylation is 1. The number of nitrogens with one attached hydrogen (secondary N) is 1. The molecule has 2 aromatic carbocycles. The van der Waals surface area contributed by atoms with Gasteiger partial charge in [0.2, 0.25) is 5.91 Å². The van der Waals surface area contributed by atoms with Gasteiger partial charge in [0.1, 0.15) is 5.82 Å². The van der Waals surface area contributed by atoms with Gasteiger partial charge in [-0.3, -0.25) is 4.79 Å². The largest absolute Gasteiger partial charge is 0.381 e.